The van der Waals surface area contributed by atoms with Crippen LogP contribution in [-0.4, -0.2) is 4.57 Å². The lowest BCUT2D eigenvalue weighted by molar-refractivity contribution is 1.01. The molecular weight excluding hydrogens is 218 g/mol. The molecule has 0 amide bonds. The average molecular weight is 237 g/mol. The molecule has 0 bridgehead atoms. The largest absolute Gasteiger partial charge is 0.344 e. The minimum Gasteiger partial charge on any atom is -0.344 e. The molecule has 0 aliphatic carbocycles. The molecule has 1 nitrogen and oxygen atoms in total. The Balaban J connectivity index is 2.41. The molecule has 0 aliphatic rings. The van der Waals surface area contributed by atoms with E-state index in [-0.39, 0.29) is 0 Å². The summed E-state index contributed by atoms with van der Waals surface area (Å²) in [4.78, 5) is 0. The molecule has 0 aliphatic heterocycles. The number of hydrogen-bond donors (Lipinski definition) is 0. The van der Waals surface area contributed by atoms with E-state index in [4.69, 9.17) is 0 Å². The van der Waals surface area contributed by atoms with Crippen molar-refractivity contribution in [2.75, 3.05) is 0 Å². The van der Waals surface area contributed by atoms with Gasteiger partial charge in [0.1, 0.15) is 0 Å². The fraction of sp³-hybridized carbons (Fsp3) is 0.294. The average Bonchev–Trinajstić information content (AvgIpc) is 2.71. The quantitative estimate of drug-likeness (QED) is 0.620. The minimum atomic E-state index is 1.09. The summed E-state index contributed by atoms with van der Waals surface area (Å²) in [5, 5.41) is 2.74. The van der Waals surface area contributed by atoms with Crippen molar-refractivity contribution in [3.05, 3.63) is 47.5 Å². The van der Waals surface area contributed by atoms with Crippen molar-refractivity contribution in [2.24, 2.45) is 7.05 Å². The Labute approximate surface area is 108 Å². The van der Waals surface area contributed by atoms with Crippen molar-refractivity contribution in [1.29, 1.82) is 0 Å². The van der Waals surface area contributed by atoms with Crippen LogP contribution in [0.5, 0.6) is 0 Å². The van der Waals surface area contributed by atoms with Crippen molar-refractivity contribution < 1.29 is 0 Å². The number of aryl methyl sites for hydroxylation is 3. The zero-order chi connectivity index (χ0) is 12.7. The molecule has 0 atom stereocenters. The SMILES string of the molecule is CCc1ccc2c3ccc(CC)cc3n(C)c2c1. The fourth-order valence-corrected chi connectivity index (χ4v) is 2.73. The van der Waals surface area contributed by atoms with E-state index in [0.29, 0.717) is 0 Å². The second-order valence-corrected chi connectivity index (χ2v) is 4.97. The normalized spacial score (nSPS) is 11.5. The molecule has 0 radical (unpaired) electrons. The zero-order valence-corrected chi connectivity index (χ0v) is 11.3. The maximum Gasteiger partial charge on any atom is 0.0491 e. The Morgan fingerprint density at radius 2 is 1.22 bits per heavy atom. The van der Waals surface area contributed by atoms with Gasteiger partial charge in [-0.3, -0.25) is 0 Å². The second-order valence-electron chi connectivity index (χ2n) is 4.97. The van der Waals surface area contributed by atoms with Crippen molar-refractivity contribution in [2.45, 2.75) is 26.7 Å². The molecule has 1 heteroatoms. The van der Waals surface area contributed by atoms with Gasteiger partial charge in [-0.05, 0) is 36.1 Å². The second kappa shape index (κ2) is 4.16. The summed E-state index contributed by atoms with van der Waals surface area (Å²) in [7, 11) is 2.17. The summed E-state index contributed by atoms with van der Waals surface area (Å²) >= 11 is 0. The van der Waals surface area contributed by atoms with Gasteiger partial charge in [-0.2, -0.15) is 0 Å². The van der Waals surface area contributed by atoms with Crippen LogP contribution in [0.15, 0.2) is 36.4 Å². The van der Waals surface area contributed by atoms with E-state index >= 15 is 0 Å². The van der Waals surface area contributed by atoms with E-state index in [2.05, 4.69) is 61.9 Å². The van der Waals surface area contributed by atoms with Crippen molar-refractivity contribution >= 4 is 21.8 Å². The summed E-state index contributed by atoms with van der Waals surface area (Å²) in [5.41, 5.74) is 5.50. The lowest BCUT2D eigenvalue weighted by Gasteiger charge is -2.01. The van der Waals surface area contributed by atoms with E-state index in [1.165, 1.54) is 32.9 Å². The van der Waals surface area contributed by atoms with Crippen LogP contribution in [0, 0.1) is 0 Å². The van der Waals surface area contributed by atoms with Crippen LogP contribution in [0.3, 0.4) is 0 Å². The van der Waals surface area contributed by atoms with Gasteiger partial charge in [-0.25, -0.2) is 0 Å². The summed E-state index contributed by atoms with van der Waals surface area (Å²) in [6.45, 7) is 4.41. The topological polar surface area (TPSA) is 4.93 Å². The Hall–Kier alpha value is -1.76. The van der Waals surface area contributed by atoms with Gasteiger partial charge in [0.05, 0.1) is 0 Å². The van der Waals surface area contributed by atoms with Gasteiger partial charge in [0.15, 0.2) is 0 Å². The first-order chi connectivity index (χ1) is 8.74. The minimum absolute atomic E-state index is 1.09. The number of aromatic nitrogens is 1. The Morgan fingerprint density at radius 3 is 1.61 bits per heavy atom. The number of benzene rings is 2. The Bertz CT molecular complexity index is 658. The molecule has 3 rings (SSSR count). The highest BCUT2D eigenvalue weighted by Gasteiger charge is 2.08. The zero-order valence-electron chi connectivity index (χ0n) is 11.3. The number of rotatable bonds is 2. The van der Waals surface area contributed by atoms with E-state index in [1.54, 1.807) is 0 Å². The monoisotopic (exact) mass is 237 g/mol. The Morgan fingerprint density at radius 1 is 0.778 bits per heavy atom. The lowest BCUT2D eigenvalue weighted by Crippen LogP contribution is -1.89. The third-order valence-corrected chi connectivity index (χ3v) is 3.95. The molecular formula is C17H19N. The standard InChI is InChI=1S/C17H19N/c1-4-12-6-8-14-15-9-7-13(5-2)11-17(15)18(3)16(14)10-12/h6-11H,4-5H2,1-3H3. The highest BCUT2D eigenvalue weighted by Crippen LogP contribution is 2.29. The van der Waals surface area contributed by atoms with Crippen molar-refractivity contribution in [1.82, 2.24) is 4.57 Å². The van der Waals surface area contributed by atoms with Crippen molar-refractivity contribution in [3.63, 3.8) is 0 Å². The van der Waals surface area contributed by atoms with Gasteiger partial charge in [0.2, 0.25) is 0 Å². The molecule has 0 spiro atoms. The van der Waals surface area contributed by atoms with Gasteiger partial charge in [0.25, 0.3) is 0 Å². The van der Waals surface area contributed by atoms with Crippen LogP contribution in [0.1, 0.15) is 25.0 Å². The number of hydrogen-bond acceptors (Lipinski definition) is 0. The van der Waals surface area contributed by atoms with E-state index in [1.807, 2.05) is 0 Å². The molecule has 0 saturated carbocycles. The highest BCUT2D eigenvalue weighted by molar-refractivity contribution is 6.08. The smallest absolute Gasteiger partial charge is 0.0491 e. The molecule has 0 saturated heterocycles. The van der Waals surface area contributed by atoms with E-state index in [9.17, 15) is 0 Å². The molecule has 1 aromatic heterocycles. The molecule has 92 valence electrons. The van der Waals surface area contributed by atoms with Crippen LogP contribution in [-0.2, 0) is 19.9 Å². The summed E-state index contributed by atoms with van der Waals surface area (Å²) in [5.74, 6) is 0. The molecule has 0 unspecified atom stereocenters. The van der Waals surface area contributed by atoms with Crippen LogP contribution in [0.25, 0.3) is 21.8 Å². The Kier molecular flexibility index (Phi) is 2.62. The number of nitrogens with zero attached hydrogens (tertiary/aromatic N) is 1. The summed E-state index contributed by atoms with van der Waals surface area (Å²) in [6, 6.07) is 13.7. The maximum absolute atomic E-state index is 2.32. The number of fused-ring (bicyclic) bond motifs is 3. The predicted octanol–water partition coefficient (Wildman–Crippen LogP) is 4.46. The van der Waals surface area contributed by atoms with Crippen LogP contribution < -0.4 is 0 Å². The first-order valence-corrected chi connectivity index (χ1v) is 6.74. The fourth-order valence-electron chi connectivity index (χ4n) is 2.73. The highest BCUT2D eigenvalue weighted by atomic mass is 14.9. The van der Waals surface area contributed by atoms with Gasteiger partial charge in [0, 0.05) is 28.9 Å². The predicted molar refractivity (Wildman–Crippen MR) is 79.2 cm³/mol. The summed E-state index contributed by atoms with van der Waals surface area (Å²) in [6.07, 6.45) is 2.19. The van der Waals surface area contributed by atoms with Crippen LogP contribution >= 0.6 is 0 Å². The molecule has 18 heavy (non-hydrogen) atoms. The van der Waals surface area contributed by atoms with Gasteiger partial charge >= 0.3 is 0 Å². The molecule has 2 aromatic carbocycles. The first-order valence-electron chi connectivity index (χ1n) is 6.74. The third-order valence-electron chi connectivity index (χ3n) is 3.95. The van der Waals surface area contributed by atoms with Gasteiger partial charge in [-0.1, -0.05) is 38.1 Å². The molecule has 0 fully saturated rings. The van der Waals surface area contributed by atoms with E-state index in [0.717, 1.165) is 12.8 Å². The third kappa shape index (κ3) is 1.54. The molecule has 1 heterocycles. The van der Waals surface area contributed by atoms with Gasteiger partial charge in [-0.15, -0.1) is 0 Å². The first kappa shape index (κ1) is 11.3. The van der Waals surface area contributed by atoms with E-state index < -0.39 is 0 Å². The molecule has 3 aromatic rings. The van der Waals surface area contributed by atoms with Crippen molar-refractivity contribution in [3.8, 4) is 0 Å². The van der Waals surface area contributed by atoms with Crippen LogP contribution in [0.4, 0.5) is 0 Å². The molecule has 0 N–H and O–H groups in total. The summed E-state index contributed by atoms with van der Waals surface area (Å²) < 4.78 is 2.32. The van der Waals surface area contributed by atoms with Crippen LogP contribution in [0.2, 0.25) is 0 Å². The van der Waals surface area contributed by atoms with Gasteiger partial charge < -0.3 is 4.57 Å². The lowest BCUT2D eigenvalue weighted by atomic mass is 10.1. The maximum atomic E-state index is 2.32.